The topological polar surface area (TPSA) is 24.9 Å². The van der Waals surface area contributed by atoms with Gasteiger partial charge in [0, 0.05) is 17.8 Å². The predicted molar refractivity (Wildman–Crippen MR) is 83.8 cm³/mol. The van der Waals surface area contributed by atoms with Crippen molar-refractivity contribution in [2.24, 2.45) is 0 Å². The van der Waals surface area contributed by atoms with Crippen LogP contribution in [0.3, 0.4) is 0 Å². The van der Waals surface area contributed by atoms with Crippen molar-refractivity contribution in [1.29, 1.82) is 0 Å². The highest BCUT2D eigenvalue weighted by molar-refractivity contribution is 5.85. The molecule has 1 unspecified atom stereocenters. The van der Waals surface area contributed by atoms with Gasteiger partial charge in [-0.3, -0.25) is 4.98 Å². The van der Waals surface area contributed by atoms with Crippen LogP contribution in [-0.4, -0.2) is 12.0 Å². The fraction of sp³-hybridized carbons (Fsp3) is 0.167. The molecule has 0 aliphatic carbocycles. The number of nitrogens with one attached hydrogen (secondary N) is 1. The molecule has 0 bridgehead atoms. The molecule has 3 aromatic rings. The number of aromatic nitrogens is 1. The van der Waals surface area contributed by atoms with Crippen molar-refractivity contribution in [3.8, 4) is 0 Å². The minimum absolute atomic E-state index is 0.0493. The third kappa shape index (κ3) is 2.52. The molecular formula is C18H17FN2. The van der Waals surface area contributed by atoms with E-state index in [4.69, 9.17) is 0 Å². The number of aryl methyl sites for hydroxylation is 1. The highest BCUT2D eigenvalue weighted by Gasteiger charge is 2.17. The van der Waals surface area contributed by atoms with Gasteiger partial charge in [0.05, 0.1) is 6.04 Å². The summed E-state index contributed by atoms with van der Waals surface area (Å²) >= 11 is 0. The van der Waals surface area contributed by atoms with Gasteiger partial charge in [0.1, 0.15) is 5.82 Å². The van der Waals surface area contributed by atoms with Crippen molar-refractivity contribution < 1.29 is 4.39 Å². The SMILES string of the molecule is CNC(c1cc(F)ccc1C)c1cccc2cnccc12. The molecule has 21 heavy (non-hydrogen) atoms. The zero-order chi connectivity index (χ0) is 14.8. The first-order chi connectivity index (χ1) is 10.2. The van der Waals surface area contributed by atoms with E-state index in [2.05, 4.69) is 16.4 Å². The Balaban J connectivity index is 2.21. The smallest absolute Gasteiger partial charge is 0.123 e. The molecule has 0 fully saturated rings. The summed E-state index contributed by atoms with van der Waals surface area (Å²) in [4.78, 5) is 4.16. The third-order valence-corrected chi connectivity index (χ3v) is 3.87. The number of nitrogens with zero attached hydrogens (tertiary/aromatic N) is 1. The minimum atomic E-state index is -0.210. The second-order valence-corrected chi connectivity index (χ2v) is 5.17. The first-order valence-electron chi connectivity index (χ1n) is 6.96. The first-order valence-corrected chi connectivity index (χ1v) is 6.96. The summed E-state index contributed by atoms with van der Waals surface area (Å²) in [6.07, 6.45) is 3.64. The van der Waals surface area contributed by atoms with Gasteiger partial charge < -0.3 is 5.32 Å². The van der Waals surface area contributed by atoms with Gasteiger partial charge >= 0.3 is 0 Å². The molecule has 0 saturated carbocycles. The zero-order valence-electron chi connectivity index (χ0n) is 12.1. The van der Waals surface area contributed by atoms with Crippen LogP contribution < -0.4 is 5.32 Å². The van der Waals surface area contributed by atoms with Crippen LogP contribution >= 0.6 is 0 Å². The number of rotatable bonds is 3. The Morgan fingerprint density at radius 1 is 1.10 bits per heavy atom. The molecule has 1 heterocycles. The fourth-order valence-corrected chi connectivity index (χ4v) is 2.80. The van der Waals surface area contributed by atoms with Crippen LogP contribution in [0, 0.1) is 12.7 Å². The van der Waals surface area contributed by atoms with Gasteiger partial charge in [-0.05, 0) is 54.2 Å². The predicted octanol–water partition coefficient (Wildman–Crippen LogP) is 3.99. The van der Waals surface area contributed by atoms with Gasteiger partial charge in [0.2, 0.25) is 0 Å². The molecule has 0 radical (unpaired) electrons. The van der Waals surface area contributed by atoms with E-state index in [1.807, 2.05) is 44.4 Å². The number of halogens is 1. The number of fused-ring (bicyclic) bond motifs is 1. The highest BCUT2D eigenvalue weighted by Crippen LogP contribution is 2.30. The van der Waals surface area contributed by atoms with Crippen molar-refractivity contribution in [3.63, 3.8) is 0 Å². The summed E-state index contributed by atoms with van der Waals surface area (Å²) in [7, 11) is 1.90. The van der Waals surface area contributed by atoms with E-state index in [9.17, 15) is 4.39 Å². The van der Waals surface area contributed by atoms with E-state index in [0.717, 1.165) is 27.5 Å². The van der Waals surface area contributed by atoms with Crippen LogP contribution in [0.1, 0.15) is 22.7 Å². The summed E-state index contributed by atoms with van der Waals surface area (Å²) < 4.78 is 13.6. The summed E-state index contributed by atoms with van der Waals surface area (Å²) in [5.41, 5.74) is 3.16. The molecule has 1 N–H and O–H groups in total. The molecule has 0 amide bonds. The molecular weight excluding hydrogens is 263 g/mol. The van der Waals surface area contributed by atoms with Crippen LogP contribution in [-0.2, 0) is 0 Å². The molecule has 0 spiro atoms. The molecule has 106 valence electrons. The number of hydrogen-bond donors (Lipinski definition) is 1. The Morgan fingerprint density at radius 2 is 1.95 bits per heavy atom. The maximum atomic E-state index is 13.6. The van der Waals surface area contributed by atoms with Crippen molar-refractivity contribution in [1.82, 2.24) is 10.3 Å². The second-order valence-electron chi connectivity index (χ2n) is 5.17. The molecule has 1 atom stereocenters. The van der Waals surface area contributed by atoms with E-state index in [1.165, 1.54) is 6.07 Å². The minimum Gasteiger partial charge on any atom is -0.309 e. The Hall–Kier alpha value is -2.26. The number of hydrogen-bond acceptors (Lipinski definition) is 2. The van der Waals surface area contributed by atoms with Crippen LogP contribution in [0.2, 0.25) is 0 Å². The number of benzene rings is 2. The van der Waals surface area contributed by atoms with Gasteiger partial charge in [0.15, 0.2) is 0 Å². The van der Waals surface area contributed by atoms with Gasteiger partial charge in [-0.15, -0.1) is 0 Å². The lowest BCUT2D eigenvalue weighted by molar-refractivity contribution is 0.615. The van der Waals surface area contributed by atoms with Crippen molar-refractivity contribution in [2.75, 3.05) is 7.05 Å². The van der Waals surface area contributed by atoms with Crippen molar-refractivity contribution in [2.45, 2.75) is 13.0 Å². The number of pyridine rings is 1. The van der Waals surface area contributed by atoms with Gasteiger partial charge in [-0.25, -0.2) is 4.39 Å². The first kappa shape index (κ1) is 13.7. The monoisotopic (exact) mass is 280 g/mol. The lowest BCUT2D eigenvalue weighted by Gasteiger charge is -2.21. The summed E-state index contributed by atoms with van der Waals surface area (Å²) in [5, 5.41) is 5.53. The molecule has 0 saturated heterocycles. The quantitative estimate of drug-likeness (QED) is 0.784. The maximum Gasteiger partial charge on any atom is 0.123 e. The molecule has 0 aliphatic heterocycles. The standard InChI is InChI=1S/C18H17FN2/c1-12-6-7-14(19)10-17(12)18(20-2)16-5-3-4-13-11-21-9-8-15(13)16/h3-11,18,20H,1-2H3. The van der Waals surface area contributed by atoms with Gasteiger partial charge in [-0.1, -0.05) is 24.3 Å². The lowest BCUT2D eigenvalue weighted by Crippen LogP contribution is -2.19. The average Bonchev–Trinajstić information content (AvgIpc) is 2.51. The zero-order valence-corrected chi connectivity index (χ0v) is 12.1. The Morgan fingerprint density at radius 3 is 2.76 bits per heavy atom. The van der Waals surface area contributed by atoms with Crippen LogP contribution in [0.15, 0.2) is 54.9 Å². The normalized spacial score (nSPS) is 12.5. The maximum absolute atomic E-state index is 13.6. The van der Waals surface area contributed by atoms with E-state index in [0.29, 0.717) is 0 Å². The van der Waals surface area contributed by atoms with Gasteiger partial charge in [-0.2, -0.15) is 0 Å². The summed E-state index contributed by atoms with van der Waals surface area (Å²) in [6.45, 7) is 2.01. The van der Waals surface area contributed by atoms with E-state index in [-0.39, 0.29) is 11.9 Å². The summed E-state index contributed by atoms with van der Waals surface area (Å²) in [6, 6.07) is 13.0. The second kappa shape index (κ2) is 5.62. The van der Waals surface area contributed by atoms with Gasteiger partial charge in [0.25, 0.3) is 0 Å². The lowest BCUT2D eigenvalue weighted by atomic mass is 9.92. The van der Waals surface area contributed by atoms with Crippen LogP contribution in [0.4, 0.5) is 4.39 Å². The largest absolute Gasteiger partial charge is 0.309 e. The molecule has 3 rings (SSSR count). The Kier molecular flexibility index (Phi) is 3.67. The summed E-state index contributed by atoms with van der Waals surface area (Å²) in [5.74, 6) is -0.210. The van der Waals surface area contributed by atoms with Crippen LogP contribution in [0.5, 0.6) is 0 Å². The highest BCUT2D eigenvalue weighted by atomic mass is 19.1. The molecule has 2 nitrogen and oxygen atoms in total. The van der Waals surface area contributed by atoms with Crippen LogP contribution in [0.25, 0.3) is 10.8 Å². The molecule has 3 heteroatoms. The third-order valence-electron chi connectivity index (χ3n) is 3.87. The Bertz CT molecular complexity index is 778. The van der Waals surface area contributed by atoms with Crippen molar-refractivity contribution in [3.05, 3.63) is 77.4 Å². The van der Waals surface area contributed by atoms with E-state index >= 15 is 0 Å². The fourth-order valence-electron chi connectivity index (χ4n) is 2.80. The Labute approximate surface area is 123 Å². The molecule has 1 aromatic heterocycles. The van der Waals surface area contributed by atoms with E-state index in [1.54, 1.807) is 12.3 Å². The van der Waals surface area contributed by atoms with Crippen molar-refractivity contribution >= 4 is 10.8 Å². The molecule has 2 aromatic carbocycles. The molecule has 0 aliphatic rings. The van der Waals surface area contributed by atoms with E-state index < -0.39 is 0 Å². The average molecular weight is 280 g/mol.